The fraction of sp³-hybridized carbons (Fsp3) is 0.600. The van der Waals surface area contributed by atoms with Crippen LogP contribution in [0.4, 0.5) is 24.5 Å². The zero-order valence-electron chi connectivity index (χ0n) is 22.9. The smallest absolute Gasteiger partial charge is 0.382 e. The number of anilines is 2. The van der Waals surface area contributed by atoms with Gasteiger partial charge in [-0.15, -0.1) is 0 Å². The molecule has 1 atom stereocenters. The summed E-state index contributed by atoms with van der Waals surface area (Å²) in [5.41, 5.74) is 2.24. The molecule has 0 bridgehead atoms. The molecule has 0 spiro atoms. The molecule has 0 saturated carbocycles. The Hall–Kier alpha value is -2.81. The average Bonchev–Trinajstić information content (AvgIpc) is 2.88. The number of carbonyl (C=O) groups is 1. The van der Waals surface area contributed by atoms with Crippen LogP contribution < -0.4 is 10.2 Å². The van der Waals surface area contributed by atoms with Gasteiger partial charge in [-0.1, -0.05) is 47.3 Å². The molecule has 2 aromatic rings. The summed E-state index contributed by atoms with van der Waals surface area (Å²) in [6.45, 7) is 14.4. The van der Waals surface area contributed by atoms with Crippen LogP contribution in [-0.4, -0.2) is 72.5 Å². The average molecular weight is 548 g/mol. The van der Waals surface area contributed by atoms with Gasteiger partial charge in [0.1, 0.15) is 5.69 Å². The lowest BCUT2D eigenvalue weighted by atomic mass is 9.87. The van der Waals surface area contributed by atoms with Gasteiger partial charge in [0.15, 0.2) is 0 Å². The van der Waals surface area contributed by atoms with Crippen LogP contribution in [0.1, 0.15) is 59.2 Å². The van der Waals surface area contributed by atoms with Crippen molar-refractivity contribution in [2.75, 3.05) is 56.0 Å². The second-order valence-electron chi connectivity index (χ2n) is 11.7. The first-order chi connectivity index (χ1) is 17.9. The maximum Gasteiger partial charge on any atom is 0.433 e. The number of pyridine rings is 1. The molecule has 39 heavy (non-hydrogen) atoms. The molecule has 3 heterocycles. The van der Waals surface area contributed by atoms with E-state index in [4.69, 9.17) is 0 Å². The first-order valence-electron chi connectivity index (χ1n) is 13.6. The summed E-state index contributed by atoms with van der Waals surface area (Å²) in [7, 11) is 0. The van der Waals surface area contributed by atoms with Crippen molar-refractivity contribution in [3.8, 4) is 0 Å². The normalized spacial score (nSPS) is 18.4. The highest BCUT2D eigenvalue weighted by atomic mass is 19.4. The number of likely N-dealkylation sites (tertiary alicyclic amines) is 1. The number of rotatable bonds is 6. The van der Waals surface area contributed by atoms with Crippen molar-refractivity contribution in [1.29, 1.82) is 0 Å². The Balaban J connectivity index is 0.00000420. The minimum Gasteiger partial charge on any atom is -0.382 e. The Morgan fingerprint density at radius 2 is 1.62 bits per heavy atom. The summed E-state index contributed by atoms with van der Waals surface area (Å²) in [6.07, 6.45) is -1.88. The van der Waals surface area contributed by atoms with E-state index in [-0.39, 0.29) is 30.7 Å². The van der Waals surface area contributed by atoms with Crippen molar-refractivity contribution < 1.29 is 18.0 Å². The number of carbonyl (C=O) groups excluding carboxylic acids is 1. The lowest BCUT2D eigenvalue weighted by Gasteiger charge is -2.38. The minimum atomic E-state index is -4.46. The molecule has 6 nitrogen and oxygen atoms in total. The van der Waals surface area contributed by atoms with Gasteiger partial charge in [0.2, 0.25) is 5.91 Å². The zero-order chi connectivity index (χ0) is 27.5. The molecule has 2 fully saturated rings. The van der Waals surface area contributed by atoms with Gasteiger partial charge in [-0.05, 0) is 48.1 Å². The first-order valence-corrected chi connectivity index (χ1v) is 13.6. The number of hydrogen-bond acceptors (Lipinski definition) is 5. The van der Waals surface area contributed by atoms with Crippen molar-refractivity contribution >= 4 is 17.3 Å². The van der Waals surface area contributed by atoms with Crippen LogP contribution in [0.2, 0.25) is 0 Å². The number of aromatic nitrogens is 1. The largest absolute Gasteiger partial charge is 0.433 e. The minimum absolute atomic E-state index is 0. The monoisotopic (exact) mass is 547 g/mol. The van der Waals surface area contributed by atoms with Gasteiger partial charge < -0.3 is 15.1 Å². The first kappa shape index (κ1) is 30.7. The van der Waals surface area contributed by atoms with E-state index in [0.717, 1.165) is 38.8 Å². The van der Waals surface area contributed by atoms with Gasteiger partial charge in [0.05, 0.1) is 0 Å². The van der Waals surface area contributed by atoms with E-state index in [2.05, 4.69) is 65.1 Å². The topological polar surface area (TPSA) is 51.7 Å². The number of piperidine rings is 1. The van der Waals surface area contributed by atoms with Crippen LogP contribution in [0.15, 0.2) is 42.6 Å². The number of nitrogens with one attached hydrogen (secondary N) is 1. The predicted octanol–water partition coefficient (Wildman–Crippen LogP) is 5.90. The highest BCUT2D eigenvalue weighted by Gasteiger charge is 2.33. The molecule has 0 aliphatic carbocycles. The predicted molar refractivity (Wildman–Crippen MR) is 152 cm³/mol. The van der Waals surface area contributed by atoms with Gasteiger partial charge in [0.25, 0.3) is 0 Å². The van der Waals surface area contributed by atoms with Crippen LogP contribution in [0.3, 0.4) is 0 Å². The highest BCUT2D eigenvalue weighted by Crippen LogP contribution is 2.30. The molecule has 4 rings (SSSR count). The summed E-state index contributed by atoms with van der Waals surface area (Å²) >= 11 is 0. The number of hydrogen-bond donors (Lipinski definition) is 1. The maximum absolute atomic E-state index is 13.1. The van der Waals surface area contributed by atoms with Crippen molar-refractivity contribution in [1.82, 2.24) is 14.8 Å². The summed E-state index contributed by atoms with van der Waals surface area (Å²) in [5.74, 6) is 0.0681. The van der Waals surface area contributed by atoms with E-state index in [1.165, 1.54) is 17.4 Å². The SMILES string of the molecule is C.CC(CN1CCN(c2ccc(C(C)(C)C)cc2)CC1)C(=O)N1CCC(Nc2ccnc(C(F)(F)F)c2)CC1. The van der Waals surface area contributed by atoms with Crippen molar-refractivity contribution in [3.63, 3.8) is 0 Å². The van der Waals surface area contributed by atoms with Crippen LogP contribution in [0.25, 0.3) is 0 Å². The Bertz CT molecular complexity index is 1070. The fourth-order valence-corrected chi connectivity index (χ4v) is 5.29. The second kappa shape index (κ2) is 12.6. The highest BCUT2D eigenvalue weighted by molar-refractivity contribution is 5.78. The van der Waals surface area contributed by atoms with Gasteiger partial charge in [-0.25, -0.2) is 0 Å². The fourth-order valence-electron chi connectivity index (χ4n) is 5.29. The van der Waals surface area contributed by atoms with E-state index in [9.17, 15) is 18.0 Å². The van der Waals surface area contributed by atoms with E-state index in [1.54, 1.807) is 6.07 Å². The molecule has 1 amide bonds. The van der Waals surface area contributed by atoms with E-state index < -0.39 is 11.9 Å². The van der Waals surface area contributed by atoms with Gasteiger partial charge in [-0.3, -0.25) is 14.7 Å². The summed E-state index contributed by atoms with van der Waals surface area (Å²) in [5, 5.41) is 3.18. The Morgan fingerprint density at radius 3 is 2.18 bits per heavy atom. The molecular formula is C30H44F3N5O. The maximum atomic E-state index is 13.1. The number of benzene rings is 1. The lowest BCUT2D eigenvalue weighted by Crippen LogP contribution is -2.50. The molecule has 2 saturated heterocycles. The lowest BCUT2D eigenvalue weighted by molar-refractivity contribution is -0.141. The number of nitrogens with zero attached hydrogens (tertiary/aromatic N) is 4. The van der Waals surface area contributed by atoms with E-state index in [1.807, 2.05) is 11.8 Å². The van der Waals surface area contributed by atoms with E-state index >= 15 is 0 Å². The Labute approximate surface area is 231 Å². The Kier molecular flexibility index (Phi) is 9.91. The molecule has 1 unspecified atom stereocenters. The van der Waals surface area contributed by atoms with Gasteiger partial charge in [0, 0.05) is 75.3 Å². The molecule has 2 aliphatic heterocycles. The van der Waals surface area contributed by atoms with E-state index in [0.29, 0.717) is 31.6 Å². The standard InChI is InChI=1S/C29H40F3N5O.CH4/c1-21(20-35-15-17-36(18-16-35)25-7-5-22(6-8-25)28(2,3)4)27(38)37-13-10-23(11-14-37)34-24-9-12-33-26(19-24)29(30,31)32;/h5-9,12,19,21,23H,10-11,13-18,20H2,1-4H3,(H,33,34);1H4. The quantitative estimate of drug-likeness (QED) is 0.489. The van der Waals surface area contributed by atoms with Crippen LogP contribution in [0.5, 0.6) is 0 Å². The molecule has 2 aliphatic rings. The molecule has 216 valence electrons. The molecular weight excluding hydrogens is 503 g/mol. The number of alkyl halides is 3. The zero-order valence-corrected chi connectivity index (χ0v) is 22.9. The summed E-state index contributed by atoms with van der Waals surface area (Å²) < 4.78 is 38.8. The molecule has 1 N–H and O–H groups in total. The second-order valence-corrected chi connectivity index (χ2v) is 11.7. The summed E-state index contributed by atoms with van der Waals surface area (Å²) in [6, 6.07) is 11.5. The summed E-state index contributed by atoms with van der Waals surface area (Å²) in [4.78, 5) is 23.2. The van der Waals surface area contributed by atoms with Crippen LogP contribution in [-0.2, 0) is 16.4 Å². The molecule has 0 radical (unpaired) electrons. The van der Waals surface area contributed by atoms with Crippen LogP contribution in [0, 0.1) is 5.92 Å². The number of amides is 1. The number of piperazine rings is 1. The third-order valence-corrected chi connectivity index (χ3v) is 7.65. The van der Waals surface area contributed by atoms with Crippen molar-refractivity contribution in [3.05, 3.63) is 53.9 Å². The Morgan fingerprint density at radius 1 is 1.00 bits per heavy atom. The number of halogens is 3. The molecule has 9 heteroatoms. The van der Waals surface area contributed by atoms with Crippen LogP contribution >= 0.6 is 0 Å². The third kappa shape index (κ3) is 8.10. The van der Waals surface area contributed by atoms with Crippen molar-refractivity contribution in [2.45, 2.75) is 65.6 Å². The van der Waals surface area contributed by atoms with Gasteiger partial charge in [-0.2, -0.15) is 13.2 Å². The van der Waals surface area contributed by atoms with Gasteiger partial charge >= 0.3 is 6.18 Å². The molecule has 1 aromatic carbocycles. The molecule has 1 aromatic heterocycles. The van der Waals surface area contributed by atoms with Crippen molar-refractivity contribution in [2.24, 2.45) is 5.92 Å². The third-order valence-electron chi connectivity index (χ3n) is 7.65.